The summed E-state index contributed by atoms with van der Waals surface area (Å²) in [5.41, 5.74) is 1.04. The van der Waals surface area contributed by atoms with Gasteiger partial charge in [-0.2, -0.15) is 0 Å². The molecule has 4 nitrogen and oxygen atoms in total. The van der Waals surface area contributed by atoms with Crippen molar-refractivity contribution in [3.8, 4) is 0 Å². The quantitative estimate of drug-likeness (QED) is 0.857. The molecule has 0 aromatic heterocycles. The van der Waals surface area contributed by atoms with Gasteiger partial charge >= 0.3 is 0 Å². The minimum absolute atomic E-state index is 0.00609. The minimum Gasteiger partial charge on any atom is -0.342 e. The number of carbonyl (C=O) groups excluding carboxylic acids is 2. The number of hydrogen-bond donors (Lipinski definition) is 0. The second-order valence-corrected chi connectivity index (χ2v) is 6.37. The number of piperidine rings is 1. The predicted molar refractivity (Wildman–Crippen MR) is 85.3 cm³/mol. The highest BCUT2D eigenvalue weighted by atomic mass is 16.2. The van der Waals surface area contributed by atoms with Crippen molar-refractivity contribution >= 4 is 11.8 Å². The highest BCUT2D eigenvalue weighted by molar-refractivity contribution is 5.82. The van der Waals surface area contributed by atoms with Crippen molar-refractivity contribution in [1.82, 2.24) is 9.80 Å². The van der Waals surface area contributed by atoms with Crippen LogP contribution in [0.4, 0.5) is 0 Å². The highest BCUT2D eigenvalue weighted by Gasteiger charge is 2.31. The molecule has 1 aromatic carbocycles. The molecule has 4 heteroatoms. The second-order valence-electron chi connectivity index (χ2n) is 6.37. The predicted octanol–water partition coefficient (Wildman–Crippen LogP) is 2.09. The van der Waals surface area contributed by atoms with Crippen LogP contribution >= 0.6 is 0 Å². The molecule has 118 valence electrons. The van der Waals surface area contributed by atoms with E-state index in [0.717, 1.165) is 50.9 Å². The monoisotopic (exact) mass is 300 g/mol. The fraction of sp³-hybridized carbons (Fsp3) is 0.556. The zero-order valence-corrected chi connectivity index (χ0v) is 13.0. The lowest BCUT2D eigenvalue weighted by Gasteiger charge is -2.34. The van der Waals surface area contributed by atoms with E-state index in [-0.39, 0.29) is 17.7 Å². The van der Waals surface area contributed by atoms with Gasteiger partial charge in [0.25, 0.3) is 0 Å². The summed E-state index contributed by atoms with van der Waals surface area (Å²) >= 11 is 0. The van der Waals surface area contributed by atoms with E-state index in [4.69, 9.17) is 0 Å². The van der Waals surface area contributed by atoms with E-state index < -0.39 is 0 Å². The maximum Gasteiger partial charge on any atom is 0.227 e. The van der Waals surface area contributed by atoms with Gasteiger partial charge in [-0.05, 0) is 31.2 Å². The van der Waals surface area contributed by atoms with Crippen LogP contribution in [0.5, 0.6) is 0 Å². The van der Waals surface area contributed by atoms with Crippen molar-refractivity contribution in [3.05, 3.63) is 35.9 Å². The summed E-state index contributed by atoms with van der Waals surface area (Å²) in [6.45, 7) is 3.18. The number of benzene rings is 1. The second kappa shape index (κ2) is 6.95. The Bertz CT molecular complexity index is 523. The molecule has 0 aliphatic carbocycles. The molecule has 1 atom stereocenters. The maximum absolute atomic E-state index is 12.5. The van der Waals surface area contributed by atoms with Crippen LogP contribution in [0, 0.1) is 5.92 Å². The molecule has 2 aliphatic heterocycles. The fourth-order valence-electron chi connectivity index (χ4n) is 3.48. The molecule has 1 aromatic rings. The zero-order chi connectivity index (χ0) is 15.4. The van der Waals surface area contributed by atoms with E-state index in [1.165, 1.54) is 0 Å². The number of hydrogen-bond acceptors (Lipinski definition) is 2. The van der Waals surface area contributed by atoms with Crippen LogP contribution in [-0.4, -0.2) is 47.8 Å². The number of rotatable bonds is 3. The summed E-state index contributed by atoms with van der Waals surface area (Å²) < 4.78 is 0. The molecule has 0 spiro atoms. The van der Waals surface area contributed by atoms with Crippen LogP contribution in [0.25, 0.3) is 0 Å². The topological polar surface area (TPSA) is 40.6 Å². The van der Waals surface area contributed by atoms with Gasteiger partial charge in [-0.15, -0.1) is 0 Å². The Morgan fingerprint density at radius 2 is 1.64 bits per heavy atom. The van der Waals surface area contributed by atoms with Crippen molar-refractivity contribution in [3.63, 3.8) is 0 Å². The van der Waals surface area contributed by atoms with Gasteiger partial charge in [-0.25, -0.2) is 0 Å². The molecule has 2 heterocycles. The van der Waals surface area contributed by atoms with E-state index in [9.17, 15) is 9.59 Å². The average Bonchev–Trinajstić information content (AvgIpc) is 3.09. The lowest BCUT2D eigenvalue weighted by molar-refractivity contribution is -0.139. The summed E-state index contributed by atoms with van der Waals surface area (Å²) in [5, 5.41) is 0. The SMILES string of the molecule is O=C(Cc1ccccc1)N1CCCC(C(=O)N2CCCC2)C1. The number of amides is 2. The third-order valence-corrected chi connectivity index (χ3v) is 4.74. The first-order valence-electron chi connectivity index (χ1n) is 8.34. The van der Waals surface area contributed by atoms with Crippen molar-refractivity contribution in [2.75, 3.05) is 26.2 Å². The smallest absolute Gasteiger partial charge is 0.227 e. The van der Waals surface area contributed by atoms with E-state index in [1.807, 2.05) is 40.1 Å². The first-order chi connectivity index (χ1) is 10.7. The first-order valence-corrected chi connectivity index (χ1v) is 8.34. The summed E-state index contributed by atoms with van der Waals surface area (Å²) in [7, 11) is 0. The summed E-state index contributed by atoms with van der Waals surface area (Å²) in [4.78, 5) is 28.8. The first kappa shape index (κ1) is 15.1. The Hall–Kier alpha value is -1.84. The van der Waals surface area contributed by atoms with Crippen LogP contribution in [0.2, 0.25) is 0 Å². The summed E-state index contributed by atoms with van der Waals surface area (Å²) in [6.07, 6.45) is 4.53. The Morgan fingerprint density at radius 3 is 2.36 bits per heavy atom. The van der Waals surface area contributed by atoms with E-state index in [2.05, 4.69) is 0 Å². The van der Waals surface area contributed by atoms with Gasteiger partial charge in [0.2, 0.25) is 11.8 Å². The van der Waals surface area contributed by atoms with Crippen molar-refractivity contribution in [2.45, 2.75) is 32.1 Å². The van der Waals surface area contributed by atoms with Crippen molar-refractivity contribution < 1.29 is 9.59 Å². The molecule has 0 radical (unpaired) electrons. The molecule has 22 heavy (non-hydrogen) atoms. The molecule has 3 rings (SSSR count). The number of likely N-dealkylation sites (tertiary alicyclic amines) is 2. The van der Waals surface area contributed by atoms with Gasteiger partial charge < -0.3 is 9.80 Å². The van der Waals surface area contributed by atoms with Crippen LogP contribution < -0.4 is 0 Å². The molecule has 2 saturated heterocycles. The largest absolute Gasteiger partial charge is 0.342 e. The van der Waals surface area contributed by atoms with Gasteiger partial charge in [0.1, 0.15) is 0 Å². The standard InChI is InChI=1S/C18H24N2O2/c21-17(13-15-7-2-1-3-8-15)20-12-6-9-16(14-20)18(22)19-10-4-5-11-19/h1-3,7-8,16H,4-6,9-14H2. The zero-order valence-electron chi connectivity index (χ0n) is 13.0. The maximum atomic E-state index is 12.5. The number of nitrogens with zero attached hydrogens (tertiary/aromatic N) is 2. The molecule has 2 amide bonds. The van der Waals surface area contributed by atoms with Crippen LogP contribution in [0.3, 0.4) is 0 Å². The minimum atomic E-state index is 0.00609. The van der Waals surface area contributed by atoms with Crippen LogP contribution in [0.1, 0.15) is 31.2 Å². The summed E-state index contributed by atoms with van der Waals surface area (Å²) in [6, 6.07) is 9.83. The Kier molecular flexibility index (Phi) is 4.76. The Morgan fingerprint density at radius 1 is 0.955 bits per heavy atom. The van der Waals surface area contributed by atoms with Crippen molar-refractivity contribution in [1.29, 1.82) is 0 Å². The van der Waals surface area contributed by atoms with E-state index in [0.29, 0.717) is 13.0 Å². The third-order valence-electron chi connectivity index (χ3n) is 4.74. The molecule has 2 fully saturated rings. The molecular weight excluding hydrogens is 276 g/mol. The average molecular weight is 300 g/mol. The Balaban J connectivity index is 1.57. The normalized spacial score (nSPS) is 21.9. The molecule has 2 aliphatic rings. The fourth-order valence-corrected chi connectivity index (χ4v) is 3.48. The van der Waals surface area contributed by atoms with Gasteiger partial charge in [0, 0.05) is 26.2 Å². The van der Waals surface area contributed by atoms with E-state index in [1.54, 1.807) is 0 Å². The van der Waals surface area contributed by atoms with Crippen LogP contribution in [-0.2, 0) is 16.0 Å². The lowest BCUT2D eigenvalue weighted by Crippen LogP contribution is -2.46. The van der Waals surface area contributed by atoms with Crippen LogP contribution in [0.15, 0.2) is 30.3 Å². The lowest BCUT2D eigenvalue weighted by atomic mass is 9.96. The van der Waals surface area contributed by atoms with Gasteiger partial charge in [-0.3, -0.25) is 9.59 Å². The molecule has 1 unspecified atom stereocenters. The van der Waals surface area contributed by atoms with E-state index >= 15 is 0 Å². The Labute approximate surface area is 132 Å². The van der Waals surface area contributed by atoms with Gasteiger partial charge in [-0.1, -0.05) is 30.3 Å². The molecular formula is C18H24N2O2. The molecule has 0 bridgehead atoms. The number of carbonyl (C=O) groups is 2. The van der Waals surface area contributed by atoms with Gasteiger partial charge in [0.05, 0.1) is 12.3 Å². The van der Waals surface area contributed by atoms with Gasteiger partial charge in [0.15, 0.2) is 0 Å². The summed E-state index contributed by atoms with van der Waals surface area (Å²) in [5.74, 6) is 0.409. The molecule has 0 saturated carbocycles. The van der Waals surface area contributed by atoms with Crippen molar-refractivity contribution in [2.24, 2.45) is 5.92 Å². The highest BCUT2D eigenvalue weighted by Crippen LogP contribution is 2.22. The molecule has 0 N–H and O–H groups in total. The third kappa shape index (κ3) is 3.49.